The third-order valence-electron chi connectivity index (χ3n) is 8.28. The Bertz CT molecular complexity index is 2140. The van der Waals surface area contributed by atoms with Crippen LogP contribution in [0.4, 0.5) is 4.79 Å². The van der Waals surface area contributed by atoms with Gasteiger partial charge < -0.3 is 0 Å². The summed E-state index contributed by atoms with van der Waals surface area (Å²) in [4.78, 5) is 24.7. The minimum absolute atomic E-state index is 0.00633. The fourth-order valence-corrected chi connectivity index (χ4v) is 16.4. The molecule has 2 aromatic carbocycles. The molecule has 1 aliphatic heterocycles. The number of fused-ring (bicyclic) bond motifs is 1. The van der Waals surface area contributed by atoms with E-state index >= 15 is 0 Å². The highest BCUT2D eigenvalue weighted by Gasteiger charge is 2.65. The van der Waals surface area contributed by atoms with Gasteiger partial charge in [0.2, 0.25) is 5.91 Å². The minimum Gasteiger partial charge on any atom is -0.273 e. The van der Waals surface area contributed by atoms with E-state index in [9.17, 15) is 51.7 Å². The number of aryl methyl sites for hydroxylation is 1. The first kappa shape index (κ1) is 35.5. The second-order valence-corrected chi connectivity index (χ2v) is 23.8. The molecule has 0 radical (unpaired) electrons. The van der Waals surface area contributed by atoms with Crippen molar-refractivity contribution in [2.75, 3.05) is 37.0 Å². The highest BCUT2D eigenvalue weighted by molar-refractivity contribution is 8.14. The van der Waals surface area contributed by atoms with Gasteiger partial charge in [0.25, 0.3) is 5.24 Å². The van der Waals surface area contributed by atoms with E-state index in [2.05, 4.69) is 0 Å². The van der Waals surface area contributed by atoms with Crippen molar-refractivity contribution in [2.45, 2.75) is 39.4 Å². The first-order valence-electron chi connectivity index (χ1n) is 12.9. The number of nitrogens with zero attached hydrogens (tertiary/aromatic N) is 1. The lowest BCUT2D eigenvalue weighted by atomic mass is 9.86. The van der Waals surface area contributed by atoms with Gasteiger partial charge in [-0.05, 0) is 59.7 Å². The SMILES string of the molecule is Cc1cc(CN2C(=O)CSC2=O)ccc1-c1cc2c(cc1S(C)(=O)=O)C(S(C)(=O)=O)(S(C)(=O)=O)CCC2(S(C)(=O)=O)S(C)(=O)=O. The summed E-state index contributed by atoms with van der Waals surface area (Å²) in [6.07, 6.45) is 1.36. The quantitative estimate of drug-likeness (QED) is 0.377. The van der Waals surface area contributed by atoms with Crippen molar-refractivity contribution in [3.8, 4) is 11.1 Å². The zero-order chi connectivity index (χ0) is 34.3. The molecule has 1 saturated heterocycles. The highest BCUT2D eigenvalue weighted by Crippen LogP contribution is 2.56. The molecule has 13 nitrogen and oxygen atoms in total. The fraction of sp³-hybridized carbons (Fsp3) is 0.462. The lowest BCUT2D eigenvalue weighted by Crippen LogP contribution is -2.54. The van der Waals surface area contributed by atoms with E-state index in [1.807, 2.05) is 0 Å². The van der Waals surface area contributed by atoms with Crippen molar-refractivity contribution in [2.24, 2.45) is 0 Å². The Balaban J connectivity index is 2.18. The lowest BCUT2D eigenvalue weighted by Gasteiger charge is -2.44. The molecular weight excluding hydrogens is 711 g/mol. The van der Waals surface area contributed by atoms with E-state index in [1.165, 1.54) is 12.1 Å². The Kier molecular flexibility index (Phi) is 8.58. The standard InChI is InChI=1S/C26H31NO12S6/c1-16-11-17(14-27-23(28)15-40-24(27)29)7-8-18(16)19-12-20-21(13-22(19)41(2,30)31)26(44(5,36)37,45(6,38)39)10-9-25(20,42(3,32)33)43(4,34)35/h7-8,11-13H,9-10,14-15H2,1-6H3. The molecule has 1 heterocycles. The number of thioether (sulfide) groups is 1. The molecule has 45 heavy (non-hydrogen) atoms. The Hall–Kier alpha value is -2.32. The summed E-state index contributed by atoms with van der Waals surface area (Å²) >= 11 is 0.848. The van der Waals surface area contributed by atoms with E-state index < -0.39 is 91.4 Å². The molecule has 0 atom stereocenters. The van der Waals surface area contributed by atoms with E-state index in [1.54, 1.807) is 13.0 Å². The minimum atomic E-state index is -4.71. The summed E-state index contributed by atoms with van der Waals surface area (Å²) in [6.45, 7) is 1.48. The normalized spacial score (nSPS) is 19.0. The van der Waals surface area contributed by atoms with Gasteiger partial charge in [-0.25, -0.2) is 42.1 Å². The van der Waals surface area contributed by atoms with Crippen LogP contribution in [0.5, 0.6) is 0 Å². The molecule has 4 rings (SSSR count). The molecule has 1 aliphatic carbocycles. The maximum absolute atomic E-state index is 13.4. The third-order valence-corrected chi connectivity index (χ3v) is 20.4. The van der Waals surface area contributed by atoms with Crippen molar-refractivity contribution < 1.29 is 51.7 Å². The van der Waals surface area contributed by atoms with Crippen LogP contribution in [0.25, 0.3) is 11.1 Å². The molecule has 0 spiro atoms. The largest absolute Gasteiger partial charge is 0.289 e. The Morgan fingerprint density at radius 3 is 1.53 bits per heavy atom. The molecule has 1 fully saturated rings. The van der Waals surface area contributed by atoms with E-state index in [-0.39, 0.29) is 29.3 Å². The van der Waals surface area contributed by atoms with Crippen molar-refractivity contribution in [1.82, 2.24) is 4.90 Å². The third kappa shape index (κ3) is 5.56. The predicted molar refractivity (Wildman–Crippen MR) is 170 cm³/mol. The van der Waals surface area contributed by atoms with Crippen molar-refractivity contribution in [3.63, 3.8) is 0 Å². The molecule has 2 aromatic rings. The average molecular weight is 742 g/mol. The molecule has 0 unspecified atom stereocenters. The average Bonchev–Trinajstić information content (AvgIpc) is 3.16. The Morgan fingerprint density at radius 1 is 0.689 bits per heavy atom. The molecular formula is C26H31NO12S6. The van der Waals surface area contributed by atoms with Crippen LogP contribution in [-0.2, 0) is 68.7 Å². The van der Waals surface area contributed by atoms with Gasteiger partial charge in [-0.2, -0.15) is 0 Å². The summed E-state index contributed by atoms with van der Waals surface area (Å²) in [5.41, 5.74) is -0.599. The molecule has 248 valence electrons. The number of hydrogen-bond acceptors (Lipinski definition) is 13. The number of amides is 2. The molecule has 19 heteroatoms. The Morgan fingerprint density at radius 2 is 1.16 bits per heavy atom. The number of rotatable bonds is 8. The van der Waals surface area contributed by atoms with Gasteiger partial charge >= 0.3 is 0 Å². The van der Waals surface area contributed by atoms with Crippen molar-refractivity contribution in [3.05, 3.63) is 52.6 Å². The number of carbonyl (C=O) groups is 2. The maximum atomic E-state index is 13.4. The molecule has 0 aromatic heterocycles. The first-order chi connectivity index (χ1) is 20.2. The zero-order valence-corrected chi connectivity index (χ0v) is 29.9. The Labute approximate surface area is 267 Å². The summed E-state index contributed by atoms with van der Waals surface area (Å²) in [5, 5.41) is -0.436. The van der Waals surface area contributed by atoms with E-state index in [0.29, 0.717) is 36.1 Å². The maximum Gasteiger partial charge on any atom is 0.289 e. The highest BCUT2D eigenvalue weighted by atomic mass is 32.3. The van der Waals surface area contributed by atoms with Crippen molar-refractivity contribution >= 4 is 72.1 Å². The molecule has 2 amide bonds. The smallest absolute Gasteiger partial charge is 0.273 e. The second-order valence-electron chi connectivity index (χ2n) is 11.4. The van der Waals surface area contributed by atoms with Gasteiger partial charge in [-0.3, -0.25) is 14.5 Å². The summed E-state index contributed by atoms with van der Waals surface area (Å²) in [7, 11) is -23.1. The first-order valence-corrected chi connectivity index (χ1v) is 23.4. The van der Waals surface area contributed by atoms with Gasteiger partial charge in [0.05, 0.1) is 17.2 Å². The zero-order valence-electron chi connectivity index (χ0n) is 25.0. The predicted octanol–water partition coefficient (Wildman–Crippen LogP) is 1.54. The summed E-state index contributed by atoms with van der Waals surface area (Å²) in [5.74, 6) is -0.396. The number of imide groups is 1. The van der Waals surface area contributed by atoms with Crippen LogP contribution in [0.15, 0.2) is 35.2 Å². The summed E-state index contributed by atoms with van der Waals surface area (Å²) < 4.78 is 128. The van der Waals surface area contributed by atoms with Crippen LogP contribution < -0.4 is 0 Å². The van der Waals surface area contributed by atoms with E-state index in [4.69, 9.17) is 0 Å². The monoisotopic (exact) mass is 741 g/mol. The van der Waals surface area contributed by atoms with Crippen LogP contribution in [0.2, 0.25) is 0 Å². The number of sulfone groups is 5. The van der Waals surface area contributed by atoms with Crippen LogP contribution >= 0.6 is 11.8 Å². The van der Waals surface area contributed by atoms with Gasteiger partial charge in [0.15, 0.2) is 57.3 Å². The number of carbonyl (C=O) groups excluding carboxylic acids is 2. The molecule has 0 saturated carbocycles. The van der Waals surface area contributed by atoms with Crippen LogP contribution in [0, 0.1) is 6.92 Å². The fourth-order valence-electron chi connectivity index (χ4n) is 6.26. The van der Waals surface area contributed by atoms with Crippen LogP contribution in [0.1, 0.15) is 35.1 Å². The van der Waals surface area contributed by atoms with Crippen LogP contribution in [-0.4, -0.2) is 95.2 Å². The van der Waals surface area contributed by atoms with Gasteiger partial charge in [0.1, 0.15) is 0 Å². The molecule has 0 N–H and O–H groups in total. The number of benzene rings is 2. The topological polar surface area (TPSA) is 208 Å². The molecule has 2 aliphatic rings. The number of hydrogen-bond donors (Lipinski definition) is 0. The van der Waals surface area contributed by atoms with E-state index in [0.717, 1.165) is 35.1 Å². The lowest BCUT2D eigenvalue weighted by molar-refractivity contribution is -0.125. The van der Waals surface area contributed by atoms with Crippen molar-refractivity contribution in [1.29, 1.82) is 0 Å². The van der Waals surface area contributed by atoms with Gasteiger partial charge in [-0.15, -0.1) is 0 Å². The van der Waals surface area contributed by atoms with Gasteiger partial charge in [0, 0.05) is 36.8 Å². The second kappa shape index (κ2) is 10.9. The molecule has 0 bridgehead atoms. The van der Waals surface area contributed by atoms with Crippen LogP contribution in [0.3, 0.4) is 0 Å². The van der Waals surface area contributed by atoms with Gasteiger partial charge in [-0.1, -0.05) is 30.0 Å². The summed E-state index contributed by atoms with van der Waals surface area (Å²) in [6, 6.07) is 6.20.